The van der Waals surface area contributed by atoms with E-state index in [1.54, 1.807) is 38.1 Å². The summed E-state index contributed by atoms with van der Waals surface area (Å²) in [6.45, 7) is -0.550. The van der Waals surface area contributed by atoms with Crippen molar-refractivity contribution in [1.82, 2.24) is 5.48 Å². The van der Waals surface area contributed by atoms with Gasteiger partial charge in [0.15, 0.2) is 0 Å². The normalized spacial score (nSPS) is 15.3. The summed E-state index contributed by atoms with van der Waals surface area (Å²) in [7, 11) is 1.36. The third-order valence-electron chi connectivity index (χ3n) is 2.39. The molecule has 0 aromatic heterocycles. The average Bonchev–Trinajstić information content (AvgIpc) is 2.37. The van der Waals surface area contributed by atoms with Gasteiger partial charge in [-0.3, -0.25) is 0 Å². The lowest BCUT2D eigenvalue weighted by Gasteiger charge is -2.20. The highest BCUT2D eigenvalue weighted by Crippen LogP contribution is 2.53. The van der Waals surface area contributed by atoms with Crippen molar-refractivity contribution >= 4 is 40.1 Å². The SMILES string of the molecule is CON[C@H](C(=O)OP(=O)(Cl)Oc1ccc(Br)cc1)C(C)C. The molecular formula is C12H16BrClNO5P. The summed E-state index contributed by atoms with van der Waals surface area (Å²) < 4.78 is 22.6. The van der Waals surface area contributed by atoms with Gasteiger partial charge < -0.3 is 13.9 Å². The highest BCUT2D eigenvalue weighted by molar-refractivity contribution is 9.10. The maximum Gasteiger partial charge on any atom is 0.532 e. The number of rotatable bonds is 7. The number of hydrogen-bond donors (Lipinski definition) is 1. The van der Waals surface area contributed by atoms with Crippen molar-refractivity contribution in [3.63, 3.8) is 0 Å². The van der Waals surface area contributed by atoms with E-state index in [9.17, 15) is 9.36 Å². The second kappa shape index (κ2) is 8.15. The van der Waals surface area contributed by atoms with Gasteiger partial charge in [0.2, 0.25) is 0 Å². The molecular weight excluding hydrogens is 384 g/mol. The van der Waals surface area contributed by atoms with Crippen LogP contribution in [-0.4, -0.2) is 19.1 Å². The van der Waals surface area contributed by atoms with Crippen LogP contribution in [0.15, 0.2) is 28.7 Å². The summed E-state index contributed by atoms with van der Waals surface area (Å²) in [5, 5.41) is 0. The Morgan fingerprint density at radius 3 is 2.38 bits per heavy atom. The van der Waals surface area contributed by atoms with E-state index in [4.69, 9.17) is 25.1 Å². The van der Waals surface area contributed by atoms with E-state index in [0.717, 1.165) is 4.47 Å². The molecule has 9 heteroatoms. The Morgan fingerprint density at radius 1 is 1.33 bits per heavy atom. The Kier molecular flexibility index (Phi) is 7.16. The lowest BCUT2D eigenvalue weighted by atomic mass is 10.1. The van der Waals surface area contributed by atoms with Crippen molar-refractivity contribution in [1.29, 1.82) is 0 Å². The van der Waals surface area contributed by atoms with Crippen molar-refractivity contribution < 1.29 is 23.2 Å². The fourth-order valence-electron chi connectivity index (χ4n) is 1.39. The van der Waals surface area contributed by atoms with Gasteiger partial charge in [-0.15, -0.1) is 0 Å². The summed E-state index contributed by atoms with van der Waals surface area (Å²) in [4.78, 5) is 16.6. The van der Waals surface area contributed by atoms with Gasteiger partial charge >= 0.3 is 12.9 Å². The average molecular weight is 401 g/mol. The molecule has 1 N–H and O–H groups in total. The molecule has 1 rings (SSSR count). The molecule has 0 aliphatic heterocycles. The third-order valence-corrected chi connectivity index (χ3v) is 4.16. The Balaban J connectivity index is 2.72. The highest BCUT2D eigenvalue weighted by Gasteiger charge is 2.33. The maximum atomic E-state index is 12.0. The molecule has 0 bridgehead atoms. The van der Waals surface area contributed by atoms with Crippen LogP contribution in [-0.2, 0) is 18.7 Å². The summed E-state index contributed by atoms with van der Waals surface area (Å²) in [5.41, 5.74) is 2.46. The minimum Gasteiger partial charge on any atom is -0.405 e. The quantitative estimate of drug-likeness (QED) is 0.553. The van der Waals surface area contributed by atoms with Gasteiger partial charge in [0.05, 0.1) is 7.11 Å². The monoisotopic (exact) mass is 399 g/mol. The van der Waals surface area contributed by atoms with Crippen LogP contribution in [0.5, 0.6) is 5.75 Å². The molecule has 0 radical (unpaired) electrons. The minimum absolute atomic E-state index is 0.151. The Morgan fingerprint density at radius 2 is 1.90 bits per heavy atom. The van der Waals surface area contributed by atoms with Crippen LogP contribution in [0, 0.1) is 5.92 Å². The second-order valence-electron chi connectivity index (χ2n) is 4.43. The molecule has 0 fully saturated rings. The molecule has 1 aromatic carbocycles. The number of halogens is 2. The van der Waals surface area contributed by atoms with Crippen molar-refractivity contribution in [2.75, 3.05) is 7.11 Å². The molecule has 118 valence electrons. The predicted octanol–water partition coefficient (Wildman–Crippen LogP) is 3.89. The molecule has 1 aromatic rings. The summed E-state index contributed by atoms with van der Waals surface area (Å²) in [6.07, 6.45) is 0. The lowest BCUT2D eigenvalue weighted by Crippen LogP contribution is -2.41. The largest absolute Gasteiger partial charge is 0.532 e. The molecule has 0 saturated carbocycles. The molecule has 0 aliphatic carbocycles. The van der Waals surface area contributed by atoms with Gasteiger partial charge in [-0.1, -0.05) is 29.8 Å². The van der Waals surface area contributed by atoms with Gasteiger partial charge in [0.25, 0.3) is 0 Å². The first kappa shape index (κ1) is 18.5. The number of hydroxylamine groups is 1. The van der Waals surface area contributed by atoms with Crippen LogP contribution < -0.4 is 10.0 Å². The summed E-state index contributed by atoms with van der Waals surface area (Å²) >= 11 is 8.92. The minimum atomic E-state index is -4.09. The van der Waals surface area contributed by atoms with Crippen molar-refractivity contribution in [3.05, 3.63) is 28.7 Å². The van der Waals surface area contributed by atoms with Crippen molar-refractivity contribution in [2.45, 2.75) is 19.9 Å². The zero-order valence-corrected chi connectivity index (χ0v) is 14.9. The number of carbonyl (C=O) groups excluding carboxylic acids is 1. The summed E-state index contributed by atoms with van der Waals surface area (Å²) in [6, 6.07) is 5.63. The fourth-order valence-corrected chi connectivity index (χ4v) is 2.83. The molecule has 0 amide bonds. The number of nitrogens with one attached hydrogen (secondary N) is 1. The number of carbonyl (C=O) groups is 1. The first-order chi connectivity index (χ1) is 9.75. The van der Waals surface area contributed by atoms with E-state index in [-0.39, 0.29) is 11.7 Å². The lowest BCUT2D eigenvalue weighted by molar-refractivity contribution is -0.142. The highest BCUT2D eigenvalue weighted by atomic mass is 79.9. The maximum absolute atomic E-state index is 12.0. The van der Waals surface area contributed by atoms with Gasteiger partial charge in [0.1, 0.15) is 11.8 Å². The molecule has 2 atom stereocenters. The molecule has 0 aliphatic rings. The van der Waals surface area contributed by atoms with Crippen molar-refractivity contribution in [3.8, 4) is 5.75 Å². The standard InChI is InChI=1S/C12H16BrClNO5P/c1-8(2)11(15-18-3)12(16)20-21(14,17)19-10-6-4-9(13)5-7-10/h4-8,11,15H,1-3H3/t11-,21?/m0/s1. The Hall–Kier alpha value is -0.590. The molecule has 0 heterocycles. The molecule has 1 unspecified atom stereocenters. The summed E-state index contributed by atoms with van der Waals surface area (Å²) in [5.74, 6) is -0.741. The zero-order chi connectivity index (χ0) is 16.0. The van der Waals surface area contributed by atoms with Crippen molar-refractivity contribution in [2.24, 2.45) is 5.92 Å². The first-order valence-electron chi connectivity index (χ1n) is 6.02. The topological polar surface area (TPSA) is 73.9 Å². The van der Waals surface area contributed by atoms with Crippen LogP contribution in [0.4, 0.5) is 0 Å². The van der Waals surface area contributed by atoms with E-state index in [0.29, 0.717) is 0 Å². The van der Waals surface area contributed by atoms with E-state index < -0.39 is 19.0 Å². The van der Waals surface area contributed by atoms with Crippen LogP contribution in [0.25, 0.3) is 0 Å². The zero-order valence-electron chi connectivity index (χ0n) is 11.7. The van der Waals surface area contributed by atoms with Crippen LogP contribution >= 0.6 is 34.1 Å². The van der Waals surface area contributed by atoms with Crippen LogP contribution in [0.2, 0.25) is 0 Å². The van der Waals surface area contributed by atoms with Crippen LogP contribution in [0.3, 0.4) is 0 Å². The van der Waals surface area contributed by atoms with Gasteiger partial charge in [-0.2, -0.15) is 5.48 Å². The smallest absolute Gasteiger partial charge is 0.405 e. The Bertz CT molecular complexity index is 525. The first-order valence-corrected chi connectivity index (χ1v) is 9.26. The molecule has 0 saturated heterocycles. The van der Waals surface area contributed by atoms with Gasteiger partial charge in [-0.25, -0.2) is 9.36 Å². The number of benzene rings is 1. The van der Waals surface area contributed by atoms with Gasteiger partial charge in [0, 0.05) is 15.7 Å². The fraction of sp³-hybridized carbons (Fsp3) is 0.417. The second-order valence-corrected chi connectivity index (χ2v) is 7.81. The van der Waals surface area contributed by atoms with Crippen LogP contribution in [0.1, 0.15) is 13.8 Å². The molecule has 6 nitrogen and oxygen atoms in total. The predicted molar refractivity (Wildman–Crippen MR) is 83.1 cm³/mol. The van der Waals surface area contributed by atoms with E-state index >= 15 is 0 Å². The Labute approximate surface area is 136 Å². The molecule has 21 heavy (non-hydrogen) atoms. The molecule has 0 spiro atoms. The third kappa shape index (κ3) is 6.36. The van der Waals surface area contributed by atoms with Gasteiger partial charge in [-0.05, 0) is 30.2 Å². The van der Waals surface area contributed by atoms with E-state index in [1.165, 1.54) is 7.11 Å². The van der Waals surface area contributed by atoms with E-state index in [2.05, 4.69) is 21.4 Å². The van der Waals surface area contributed by atoms with E-state index in [1.807, 2.05) is 0 Å². The number of hydrogen-bond acceptors (Lipinski definition) is 6.